The molecule has 4 N–H and O–H groups in total. The van der Waals surface area contributed by atoms with Crippen molar-refractivity contribution in [2.24, 2.45) is 0 Å². The number of benzene rings is 8. The van der Waals surface area contributed by atoms with Crippen molar-refractivity contribution >= 4 is 69.1 Å². The fourth-order valence-corrected chi connectivity index (χ4v) is 10.0. The number of hydrogen-bond acceptors (Lipinski definition) is 26. The number of rotatable bonds is 28. The van der Waals surface area contributed by atoms with Gasteiger partial charge in [0.15, 0.2) is 64.4 Å². The van der Waals surface area contributed by atoms with Gasteiger partial charge in [0.25, 0.3) is 0 Å². The van der Waals surface area contributed by atoms with Crippen LogP contribution in [0.4, 0.5) is 28.9 Å². The number of aromatic hydroxyl groups is 2. The molecule has 0 unspecified atom stereocenters. The number of hydrogen-bond donors (Lipinski definition) is 3. The number of methoxy groups -OCH3 is 3. The smallest absolute Gasteiger partial charge is 0.870 e. The third-order valence-electron chi connectivity index (χ3n) is 14.4. The van der Waals surface area contributed by atoms with E-state index in [4.69, 9.17) is 46.7 Å². The van der Waals surface area contributed by atoms with Crippen molar-refractivity contribution in [3.63, 3.8) is 0 Å². The summed E-state index contributed by atoms with van der Waals surface area (Å²) in [6.45, 7) is -4.07. The van der Waals surface area contributed by atoms with Crippen LogP contribution in [0, 0.1) is 23.3 Å². The average molecular weight is 1620 g/mol. The molecule has 6 aromatic carbocycles. The summed E-state index contributed by atoms with van der Waals surface area (Å²) in [5, 5.41) is 52.0. The summed E-state index contributed by atoms with van der Waals surface area (Å²) in [5.74, 6) is -11.3. The molecule has 27 nitrogen and oxygen atoms in total. The molecule has 2 aliphatic heterocycles. The van der Waals surface area contributed by atoms with E-state index < -0.39 is 101 Å². The minimum absolute atomic E-state index is 0. The minimum Gasteiger partial charge on any atom is -0.870 e. The van der Waals surface area contributed by atoms with Crippen LogP contribution in [0.25, 0.3) is 66.8 Å². The number of anilines is 2. The number of phenolic OH excluding ortho intramolecular Hbond substituents is 2. The van der Waals surface area contributed by atoms with Gasteiger partial charge in [-0.3, -0.25) is 24.0 Å². The Labute approximate surface area is 820 Å². The molecule has 2 heterocycles. The average Bonchev–Trinajstić information content (AvgIpc) is 0.751. The molecule has 0 radical (unpaired) electrons. The van der Waals surface area contributed by atoms with Gasteiger partial charge in [0, 0.05) is 57.3 Å². The molecular formula is C71H63F4K5N2O25+2. The van der Waals surface area contributed by atoms with Crippen molar-refractivity contribution in [2.75, 3.05) is 96.9 Å². The van der Waals surface area contributed by atoms with Gasteiger partial charge in [-0.2, -0.15) is 0 Å². The van der Waals surface area contributed by atoms with Crippen molar-refractivity contribution in [2.45, 2.75) is 14.9 Å². The molecule has 0 aromatic heterocycles. The van der Waals surface area contributed by atoms with Crippen molar-refractivity contribution < 1.29 is 386 Å². The Morgan fingerprint density at radius 1 is 0.430 bits per heavy atom. The van der Waals surface area contributed by atoms with E-state index >= 15 is 0 Å². The standard InChI is InChI=1S/C36H31F2NO12.C33H25F2NO12.2CH4.5K.H2O/c1-45-33(42)17-39(18-34(43)46-2)25-9-8-20(12-32(25)49-11-10-48-28-6-4-5-7-29(28)50-19-35(44)47-3)36-21-13-23(37)26(40)15-30(21)51-31-16-27(41)24(38)14-22(31)36;34-20-10-18-27(12-23(20)37)48-28-13-24(38)21(35)11-19(28)33(18)17-5-6-22(36(14-30(39)40)15-31(41)42)29(9-17)46-8-7-45-25-3-1-2-4-26(25)47-16-32(43)44;;;;;;;;/h4-9,12-16,40H,10-11,17-19H2,1-3H3;1-6,9-13,37H,7-8,14-16H2,(H,39,40)(H,41,42)(H,43,44);2*1H4;;;;;;1H2/q;;;;5*+1;/p-3. The second-order valence-corrected chi connectivity index (χ2v) is 20.9. The van der Waals surface area contributed by atoms with Gasteiger partial charge >= 0.3 is 281 Å². The monoisotopic (exact) mass is 1610 g/mol. The number of ether oxygens (including phenoxy) is 9. The number of phenols is 2. The van der Waals surface area contributed by atoms with Crippen LogP contribution < -0.4 is 316 Å². The van der Waals surface area contributed by atoms with Crippen molar-refractivity contribution in [3.8, 4) is 90.9 Å². The van der Waals surface area contributed by atoms with Gasteiger partial charge in [0.2, 0.25) is 10.9 Å². The largest absolute Gasteiger partial charge is 1.00 e. The van der Waals surface area contributed by atoms with Crippen LogP contribution in [-0.4, -0.2) is 144 Å². The summed E-state index contributed by atoms with van der Waals surface area (Å²) in [5.41, 5.74) is -0.721. The Morgan fingerprint density at radius 2 is 0.785 bits per heavy atom. The summed E-state index contributed by atoms with van der Waals surface area (Å²) in [6.07, 6.45) is 0. The second-order valence-electron chi connectivity index (χ2n) is 20.9. The van der Waals surface area contributed by atoms with E-state index in [-0.39, 0.29) is 425 Å². The normalized spacial score (nSPS) is 10.1. The van der Waals surface area contributed by atoms with Crippen LogP contribution >= 0.6 is 0 Å². The van der Waals surface area contributed by atoms with E-state index in [1.165, 1.54) is 68.7 Å². The van der Waals surface area contributed by atoms with Crippen LogP contribution in [-0.2, 0) is 43.0 Å². The van der Waals surface area contributed by atoms with E-state index in [1.54, 1.807) is 42.5 Å². The topological polar surface area (TPSA) is 389 Å². The third-order valence-corrected chi connectivity index (χ3v) is 14.4. The Morgan fingerprint density at radius 3 is 1.14 bits per heavy atom. The fraction of sp³-hybridized carbons (Fsp3) is 0.211. The van der Waals surface area contributed by atoms with Gasteiger partial charge in [-0.15, -0.1) is 0 Å². The van der Waals surface area contributed by atoms with Gasteiger partial charge in [-0.25, -0.2) is 22.4 Å². The number of carbonyl (C=O) groups excluding carboxylic acids is 5. The van der Waals surface area contributed by atoms with Crippen molar-refractivity contribution in [3.05, 3.63) is 177 Å². The third kappa shape index (κ3) is 26.8. The van der Waals surface area contributed by atoms with Crippen LogP contribution in [0.2, 0.25) is 0 Å². The van der Waals surface area contributed by atoms with Crippen LogP contribution in [0.1, 0.15) is 14.9 Å². The van der Waals surface area contributed by atoms with E-state index in [2.05, 4.69) is 4.74 Å². The molecule has 2 aliphatic carbocycles. The first-order valence-corrected chi connectivity index (χ1v) is 29.2. The number of carboxylic acids is 3. The SMILES string of the molecule is C.C.COC(=O)COc1ccccc1OCCOc1cc(-c2c3cc(F)c(=O)cc-3oc3cc(O)c(F)cc23)ccc1N(CC(=O)OC)CC(=O)OC.O=C([O-])COc1ccccc1OCCOc1cc(-c2c3cc(F)c(=O)cc-3oc3cc(O)c(F)cc23)ccc1N(CC(=O)[O-])CC(=O)O.[K+].[K+].[K+].[K+].[K+].[OH-]. The zero-order chi connectivity index (χ0) is 71.2. The maximum Gasteiger partial charge on any atom is 1.00 e. The first-order chi connectivity index (χ1) is 47.4. The molecule has 0 bridgehead atoms. The van der Waals surface area contributed by atoms with Crippen LogP contribution in [0.3, 0.4) is 0 Å². The molecule has 4 aliphatic rings. The molecule has 0 saturated carbocycles. The number of halogens is 4. The second kappa shape index (κ2) is 47.7. The van der Waals surface area contributed by atoms with Gasteiger partial charge in [0.05, 0.1) is 51.2 Å². The Bertz CT molecular complexity index is 4770. The van der Waals surface area contributed by atoms with Gasteiger partial charge in [-0.1, -0.05) is 51.3 Å². The summed E-state index contributed by atoms with van der Waals surface area (Å²) < 4.78 is 119. The van der Waals surface area contributed by atoms with E-state index in [0.717, 1.165) is 53.4 Å². The van der Waals surface area contributed by atoms with Crippen molar-refractivity contribution in [1.29, 1.82) is 0 Å². The minimum atomic E-state index is -1.59. The number of carbonyl (C=O) groups is 6. The maximum atomic E-state index is 14.7. The van der Waals surface area contributed by atoms with E-state index in [0.29, 0.717) is 11.3 Å². The Hall–Kier alpha value is -4.62. The predicted molar refractivity (Wildman–Crippen MR) is 352 cm³/mol. The Kier molecular flexibility index (Phi) is 44.7. The van der Waals surface area contributed by atoms with Gasteiger partial charge in [0.1, 0.15) is 86.9 Å². The quantitative estimate of drug-likeness (QED) is 0.0102. The zero-order valence-electron chi connectivity index (χ0n) is 57.5. The number of esters is 3. The molecule has 0 amide bonds. The zero-order valence-corrected chi connectivity index (χ0v) is 73.2. The van der Waals surface area contributed by atoms with Crippen molar-refractivity contribution in [1.82, 2.24) is 0 Å². The molecule has 538 valence electrons. The number of fused-ring (bicyclic) bond motifs is 4. The fourth-order valence-electron chi connectivity index (χ4n) is 10.0. The number of aliphatic carboxylic acids is 3. The van der Waals surface area contributed by atoms with E-state index in [1.807, 2.05) is 0 Å². The first kappa shape index (κ1) is 100. The molecule has 0 fully saturated rings. The molecule has 0 saturated heterocycles. The number of carboxylic acid groups (broad SMARTS) is 3. The molecule has 107 heavy (non-hydrogen) atoms. The van der Waals surface area contributed by atoms with Gasteiger partial charge in [-0.05, 0) is 83.9 Å². The molecule has 36 heteroatoms. The van der Waals surface area contributed by atoms with Crippen LogP contribution in [0.5, 0.6) is 46.0 Å². The summed E-state index contributed by atoms with van der Waals surface area (Å²) >= 11 is 0. The number of nitrogens with zero attached hydrogens (tertiary/aromatic N) is 2. The van der Waals surface area contributed by atoms with Gasteiger partial charge < -0.3 is 102 Å². The first-order valence-electron chi connectivity index (χ1n) is 29.2. The van der Waals surface area contributed by atoms with E-state index in [9.17, 15) is 81.5 Å². The maximum absolute atomic E-state index is 14.7. The Balaban J connectivity index is 0.000000997. The molecular weight excluding hydrogens is 1550 g/mol. The number of para-hydroxylation sites is 4. The molecule has 0 spiro atoms. The summed E-state index contributed by atoms with van der Waals surface area (Å²) in [7, 11) is 3.60. The summed E-state index contributed by atoms with van der Waals surface area (Å²) in [4.78, 5) is 97.0. The predicted octanol–water partition coefficient (Wildman–Crippen LogP) is -7.40. The molecule has 0 atom stereocenters. The molecule has 6 aromatic rings. The molecule has 10 rings (SSSR count). The summed E-state index contributed by atoms with van der Waals surface area (Å²) in [6, 6.07) is 29.1. The van der Waals surface area contributed by atoms with Crippen LogP contribution in [0.15, 0.2) is 152 Å².